The summed E-state index contributed by atoms with van der Waals surface area (Å²) in [5.74, 6) is 0.125. The highest BCUT2D eigenvalue weighted by atomic mass is 19.1. The molecule has 33 heavy (non-hydrogen) atoms. The number of rotatable bonds is 8. The Morgan fingerprint density at radius 1 is 1.21 bits per heavy atom. The Hall–Kier alpha value is -3.85. The van der Waals surface area contributed by atoms with Crippen LogP contribution in [0, 0.1) is 5.82 Å². The van der Waals surface area contributed by atoms with E-state index in [0.29, 0.717) is 35.1 Å². The van der Waals surface area contributed by atoms with Gasteiger partial charge in [-0.05, 0) is 48.4 Å². The second-order valence-corrected chi connectivity index (χ2v) is 7.68. The van der Waals surface area contributed by atoms with Crippen LogP contribution in [0.25, 0.3) is 16.6 Å². The summed E-state index contributed by atoms with van der Waals surface area (Å²) in [6.07, 6.45) is 7.14. The highest BCUT2D eigenvalue weighted by molar-refractivity contribution is 6.06. The number of aliphatic hydroxyl groups excluding tert-OH is 1. The van der Waals surface area contributed by atoms with E-state index in [1.54, 1.807) is 35.4 Å². The van der Waals surface area contributed by atoms with Crippen molar-refractivity contribution < 1.29 is 14.3 Å². The molecular formula is C24H25FN6O2. The Kier molecular flexibility index (Phi) is 6.60. The molecule has 4 aromatic rings. The Labute approximate surface area is 190 Å². The lowest BCUT2D eigenvalue weighted by atomic mass is 10.0. The molecule has 3 aromatic heterocycles. The first-order valence-corrected chi connectivity index (χ1v) is 10.7. The molecular weight excluding hydrogens is 423 g/mol. The van der Waals surface area contributed by atoms with Crippen LogP contribution in [0.3, 0.4) is 0 Å². The minimum atomic E-state index is -0.333. The van der Waals surface area contributed by atoms with E-state index < -0.39 is 0 Å². The standard InChI is InChI=1S/C24H25FN6O2/c1-3-21(16-8-9-27-23(12-16)30(2)10-11-32)29-24(33)20-13-26-15-22-19(20)14-28-31(22)18-6-4-17(25)5-7-18/h4-9,12-15,21,32H,3,10-11H2,1-2H3,(H,29,33)/t21-/m0/s1. The van der Waals surface area contributed by atoms with Crippen molar-refractivity contribution in [3.05, 3.63) is 78.1 Å². The first kappa shape index (κ1) is 22.3. The smallest absolute Gasteiger partial charge is 0.254 e. The highest BCUT2D eigenvalue weighted by Gasteiger charge is 2.19. The molecule has 0 aliphatic heterocycles. The normalized spacial score (nSPS) is 12.0. The van der Waals surface area contributed by atoms with Gasteiger partial charge >= 0.3 is 0 Å². The molecule has 0 radical (unpaired) electrons. The zero-order chi connectivity index (χ0) is 23.4. The number of aliphatic hydroxyl groups is 1. The van der Waals surface area contributed by atoms with Crippen LogP contribution in [0.1, 0.15) is 35.3 Å². The van der Waals surface area contributed by atoms with Gasteiger partial charge in [0, 0.05) is 31.4 Å². The SMILES string of the molecule is CC[C@H](NC(=O)c1cncc2c1cnn2-c1ccc(F)cc1)c1ccnc(N(C)CCO)c1. The molecule has 0 bridgehead atoms. The maximum atomic E-state index is 13.3. The third kappa shape index (κ3) is 4.68. The summed E-state index contributed by atoms with van der Waals surface area (Å²) in [5, 5.41) is 17.3. The van der Waals surface area contributed by atoms with Crippen LogP contribution in [0.2, 0.25) is 0 Å². The summed E-state index contributed by atoms with van der Waals surface area (Å²) >= 11 is 0. The third-order valence-corrected chi connectivity index (χ3v) is 5.52. The van der Waals surface area contributed by atoms with Crippen molar-refractivity contribution in [2.75, 3.05) is 25.1 Å². The van der Waals surface area contributed by atoms with Gasteiger partial charge in [-0.1, -0.05) is 6.92 Å². The van der Waals surface area contributed by atoms with Gasteiger partial charge in [-0.3, -0.25) is 9.78 Å². The number of nitrogens with one attached hydrogen (secondary N) is 1. The number of pyridine rings is 2. The first-order valence-electron chi connectivity index (χ1n) is 10.7. The summed E-state index contributed by atoms with van der Waals surface area (Å²) in [6.45, 7) is 2.48. The molecule has 1 atom stereocenters. The summed E-state index contributed by atoms with van der Waals surface area (Å²) in [4.78, 5) is 23.7. The van der Waals surface area contributed by atoms with Crippen molar-refractivity contribution in [2.45, 2.75) is 19.4 Å². The zero-order valence-electron chi connectivity index (χ0n) is 18.4. The quantitative estimate of drug-likeness (QED) is 0.430. The molecule has 170 valence electrons. The van der Waals surface area contributed by atoms with Crippen molar-refractivity contribution >= 4 is 22.6 Å². The third-order valence-electron chi connectivity index (χ3n) is 5.52. The van der Waals surface area contributed by atoms with E-state index in [1.807, 2.05) is 31.0 Å². The minimum Gasteiger partial charge on any atom is -0.395 e. The maximum absolute atomic E-state index is 13.3. The number of anilines is 1. The van der Waals surface area contributed by atoms with E-state index in [0.717, 1.165) is 11.4 Å². The summed E-state index contributed by atoms with van der Waals surface area (Å²) in [5.41, 5.74) is 2.65. The fourth-order valence-electron chi connectivity index (χ4n) is 3.69. The lowest BCUT2D eigenvalue weighted by Gasteiger charge is -2.21. The van der Waals surface area contributed by atoms with Crippen LogP contribution in [0.4, 0.5) is 10.2 Å². The number of benzene rings is 1. The Morgan fingerprint density at radius 2 is 2.00 bits per heavy atom. The molecule has 0 aliphatic rings. The molecule has 0 spiro atoms. The van der Waals surface area contributed by atoms with Crippen molar-refractivity contribution in [1.82, 2.24) is 25.1 Å². The Bertz CT molecular complexity index is 1260. The number of hydrogen-bond acceptors (Lipinski definition) is 6. The number of aromatic nitrogens is 4. The number of amides is 1. The van der Waals surface area contributed by atoms with Gasteiger partial charge in [-0.2, -0.15) is 5.10 Å². The molecule has 0 fully saturated rings. The van der Waals surface area contributed by atoms with E-state index in [4.69, 9.17) is 0 Å². The first-order chi connectivity index (χ1) is 16.0. The number of carbonyl (C=O) groups excluding carboxylic acids is 1. The van der Waals surface area contributed by atoms with E-state index >= 15 is 0 Å². The average Bonchev–Trinajstić information content (AvgIpc) is 3.27. The van der Waals surface area contributed by atoms with Crippen LogP contribution in [0.15, 0.2) is 61.2 Å². The van der Waals surface area contributed by atoms with Crippen molar-refractivity contribution in [3.8, 4) is 5.69 Å². The topological polar surface area (TPSA) is 96.2 Å². The number of hydrogen-bond donors (Lipinski definition) is 2. The van der Waals surface area contributed by atoms with Gasteiger partial charge in [-0.25, -0.2) is 14.1 Å². The molecule has 3 heterocycles. The van der Waals surface area contributed by atoms with Crippen LogP contribution in [-0.4, -0.2) is 51.0 Å². The van der Waals surface area contributed by atoms with Crippen LogP contribution in [-0.2, 0) is 0 Å². The van der Waals surface area contributed by atoms with Gasteiger partial charge in [-0.15, -0.1) is 0 Å². The van der Waals surface area contributed by atoms with Gasteiger partial charge in [0.25, 0.3) is 5.91 Å². The molecule has 8 nitrogen and oxygen atoms in total. The molecule has 0 saturated heterocycles. The van der Waals surface area contributed by atoms with Crippen LogP contribution < -0.4 is 10.2 Å². The molecule has 1 aromatic carbocycles. The molecule has 0 saturated carbocycles. The fraction of sp³-hybridized carbons (Fsp3) is 0.250. The van der Waals surface area contributed by atoms with Crippen LogP contribution >= 0.6 is 0 Å². The van der Waals surface area contributed by atoms with Gasteiger partial charge in [0.15, 0.2) is 0 Å². The van der Waals surface area contributed by atoms with Gasteiger partial charge < -0.3 is 15.3 Å². The number of likely N-dealkylation sites (N-methyl/N-ethyl adjacent to an activating group) is 1. The van der Waals surface area contributed by atoms with Crippen molar-refractivity contribution in [3.63, 3.8) is 0 Å². The second kappa shape index (κ2) is 9.74. The van der Waals surface area contributed by atoms with E-state index in [2.05, 4.69) is 20.4 Å². The number of nitrogens with zero attached hydrogens (tertiary/aromatic N) is 5. The van der Waals surface area contributed by atoms with Gasteiger partial charge in [0.1, 0.15) is 11.6 Å². The number of fused-ring (bicyclic) bond motifs is 1. The fourth-order valence-corrected chi connectivity index (χ4v) is 3.69. The molecule has 9 heteroatoms. The molecule has 0 aliphatic carbocycles. The summed E-state index contributed by atoms with van der Waals surface area (Å²) < 4.78 is 14.9. The average molecular weight is 449 g/mol. The maximum Gasteiger partial charge on any atom is 0.254 e. The molecule has 0 unspecified atom stereocenters. The number of halogens is 1. The molecule has 4 rings (SSSR count). The second-order valence-electron chi connectivity index (χ2n) is 7.68. The van der Waals surface area contributed by atoms with E-state index in [9.17, 15) is 14.3 Å². The van der Waals surface area contributed by atoms with Crippen LogP contribution in [0.5, 0.6) is 0 Å². The lowest BCUT2D eigenvalue weighted by molar-refractivity contribution is 0.0937. The molecule has 1 amide bonds. The lowest BCUT2D eigenvalue weighted by Crippen LogP contribution is -2.29. The highest BCUT2D eigenvalue weighted by Crippen LogP contribution is 2.24. The predicted molar refractivity (Wildman–Crippen MR) is 124 cm³/mol. The van der Waals surface area contributed by atoms with Crippen molar-refractivity contribution in [2.24, 2.45) is 0 Å². The number of carbonyl (C=O) groups is 1. The zero-order valence-corrected chi connectivity index (χ0v) is 18.4. The Morgan fingerprint density at radius 3 is 2.73 bits per heavy atom. The monoisotopic (exact) mass is 448 g/mol. The summed E-state index contributed by atoms with van der Waals surface area (Å²) in [6, 6.07) is 9.52. The van der Waals surface area contributed by atoms with Crippen molar-refractivity contribution in [1.29, 1.82) is 0 Å². The van der Waals surface area contributed by atoms with Gasteiger partial charge in [0.2, 0.25) is 0 Å². The largest absolute Gasteiger partial charge is 0.395 e. The Balaban J connectivity index is 1.61. The predicted octanol–water partition coefficient (Wildman–Crippen LogP) is 3.26. The van der Waals surface area contributed by atoms with E-state index in [1.165, 1.54) is 18.3 Å². The minimum absolute atomic E-state index is 0.0267. The van der Waals surface area contributed by atoms with Gasteiger partial charge in [0.05, 0.1) is 41.8 Å². The summed E-state index contributed by atoms with van der Waals surface area (Å²) in [7, 11) is 1.85. The van der Waals surface area contributed by atoms with E-state index in [-0.39, 0.29) is 24.4 Å². The molecule has 2 N–H and O–H groups in total.